The van der Waals surface area contributed by atoms with E-state index in [1.165, 1.54) is 4.90 Å². The molecular weight excluding hydrogens is 256 g/mol. The van der Waals surface area contributed by atoms with E-state index in [1.807, 2.05) is 30.3 Å². The topological polar surface area (TPSA) is 64.8 Å². The van der Waals surface area contributed by atoms with Crippen LogP contribution in [0.4, 0.5) is 4.79 Å². The molecule has 0 radical (unpaired) electrons. The van der Waals surface area contributed by atoms with Gasteiger partial charge in [0.2, 0.25) is 0 Å². The van der Waals surface area contributed by atoms with Gasteiger partial charge >= 0.3 is 6.09 Å². The second-order valence-corrected chi connectivity index (χ2v) is 5.19. The second-order valence-electron chi connectivity index (χ2n) is 5.19. The molecule has 1 aromatic carbocycles. The predicted molar refractivity (Wildman–Crippen MR) is 76.2 cm³/mol. The van der Waals surface area contributed by atoms with Gasteiger partial charge in [-0.1, -0.05) is 30.3 Å². The van der Waals surface area contributed by atoms with Gasteiger partial charge in [0.15, 0.2) is 0 Å². The molecule has 20 heavy (non-hydrogen) atoms. The molecule has 0 saturated heterocycles. The molecule has 1 aliphatic rings. The molecule has 0 bridgehead atoms. The van der Waals surface area contributed by atoms with Crippen LogP contribution in [0.5, 0.6) is 0 Å². The fraction of sp³-hybridized carbons (Fsp3) is 0.533. The van der Waals surface area contributed by atoms with E-state index in [0.717, 1.165) is 18.4 Å². The highest BCUT2D eigenvalue weighted by atomic mass is 16.6. The number of rotatable bonds is 6. The number of carbonyl (C=O) groups is 1. The van der Waals surface area contributed by atoms with Crippen molar-refractivity contribution in [1.82, 2.24) is 4.90 Å². The third kappa shape index (κ3) is 4.51. The Morgan fingerprint density at radius 2 is 2.05 bits per heavy atom. The predicted octanol–water partition coefficient (Wildman–Crippen LogP) is 1.76. The zero-order valence-electron chi connectivity index (χ0n) is 11.8. The van der Waals surface area contributed by atoms with Gasteiger partial charge in [0.1, 0.15) is 6.61 Å². The first-order valence-corrected chi connectivity index (χ1v) is 6.94. The summed E-state index contributed by atoms with van der Waals surface area (Å²) in [6, 6.07) is 9.91. The van der Waals surface area contributed by atoms with Crippen LogP contribution in [0.3, 0.4) is 0 Å². The molecule has 0 heterocycles. The summed E-state index contributed by atoms with van der Waals surface area (Å²) in [6.07, 6.45) is 1.77. The van der Waals surface area contributed by atoms with Gasteiger partial charge in [-0.15, -0.1) is 0 Å². The molecule has 0 unspecified atom stereocenters. The first kappa shape index (κ1) is 14.8. The van der Waals surface area contributed by atoms with Crippen LogP contribution < -0.4 is 5.73 Å². The fourth-order valence-electron chi connectivity index (χ4n) is 2.02. The zero-order valence-corrected chi connectivity index (χ0v) is 11.8. The lowest BCUT2D eigenvalue weighted by atomic mass is 9.90. The van der Waals surface area contributed by atoms with E-state index in [2.05, 4.69) is 0 Å². The monoisotopic (exact) mass is 278 g/mol. The maximum atomic E-state index is 11.8. The van der Waals surface area contributed by atoms with E-state index in [1.54, 1.807) is 7.05 Å². The maximum absolute atomic E-state index is 11.8. The number of likely N-dealkylation sites (N-methyl/N-ethyl adjacent to an activating group) is 1. The third-order valence-corrected chi connectivity index (χ3v) is 3.43. The quantitative estimate of drug-likeness (QED) is 0.861. The van der Waals surface area contributed by atoms with Crippen molar-refractivity contribution in [2.75, 3.05) is 20.2 Å². The molecule has 5 heteroatoms. The lowest BCUT2D eigenvalue weighted by molar-refractivity contribution is -0.0153. The summed E-state index contributed by atoms with van der Waals surface area (Å²) in [5.41, 5.74) is 6.66. The van der Waals surface area contributed by atoms with Crippen LogP contribution in [-0.4, -0.2) is 43.3 Å². The number of ether oxygens (including phenoxy) is 2. The molecule has 0 atom stereocenters. The number of hydrogen-bond donors (Lipinski definition) is 1. The Kier molecular flexibility index (Phi) is 5.38. The van der Waals surface area contributed by atoms with Gasteiger partial charge in [-0.25, -0.2) is 4.79 Å². The Hall–Kier alpha value is -1.59. The standard InChI is InChI=1S/C15H22N2O3/c1-17(7-8-19-14-9-13(16)10-14)15(18)20-11-12-5-3-2-4-6-12/h2-6,13-14H,7-11,16H2,1H3. The van der Waals surface area contributed by atoms with Crippen LogP contribution in [0, 0.1) is 0 Å². The number of amides is 1. The Morgan fingerprint density at radius 3 is 2.70 bits per heavy atom. The largest absolute Gasteiger partial charge is 0.445 e. The van der Waals surface area contributed by atoms with Crippen molar-refractivity contribution in [3.63, 3.8) is 0 Å². The Morgan fingerprint density at radius 1 is 1.35 bits per heavy atom. The van der Waals surface area contributed by atoms with E-state index >= 15 is 0 Å². The van der Waals surface area contributed by atoms with Crippen LogP contribution in [0.1, 0.15) is 18.4 Å². The Bertz CT molecular complexity index is 418. The van der Waals surface area contributed by atoms with Crippen molar-refractivity contribution >= 4 is 6.09 Å². The van der Waals surface area contributed by atoms with E-state index < -0.39 is 0 Å². The van der Waals surface area contributed by atoms with Gasteiger partial charge in [-0.05, 0) is 18.4 Å². The third-order valence-electron chi connectivity index (χ3n) is 3.43. The van der Waals surface area contributed by atoms with Crippen LogP contribution in [0.15, 0.2) is 30.3 Å². The first-order valence-electron chi connectivity index (χ1n) is 6.94. The molecular formula is C15H22N2O3. The molecule has 1 aromatic rings. The number of carbonyl (C=O) groups excluding carboxylic acids is 1. The van der Waals surface area contributed by atoms with Crippen LogP contribution >= 0.6 is 0 Å². The highest BCUT2D eigenvalue weighted by molar-refractivity contribution is 5.67. The maximum Gasteiger partial charge on any atom is 0.409 e. The molecule has 5 nitrogen and oxygen atoms in total. The Balaban J connectivity index is 1.59. The minimum absolute atomic E-state index is 0.263. The summed E-state index contributed by atoms with van der Waals surface area (Å²) < 4.78 is 10.8. The van der Waals surface area contributed by atoms with E-state index in [-0.39, 0.29) is 18.2 Å². The van der Waals surface area contributed by atoms with Crippen molar-refractivity contribution in [3.05, 3.63) is 35.9 Å². The van der Waals surface area contributed by atoms with Gasteiger partial charge in [0.25, 0.3) is 0 Å². The molecule has 1 fully saturated rings. The van der Waals surface area contributed by atoms with Crippen LogP contribution in [0.25, 0.3) is 0 Å². The van der Waals surface area contributed by atoms with Crippen molar-refractivity contribution in [2.45, 2.75) is 31.6 Å². The summed E-state index contributed by atoms with van der Waals surface area (Å²) in [6.45, 7) is 1.34. The number of nitrogens with two attached hydrogens (primary N) is 1. The summed E-state index contributed by atoms with van der Waals surface area (Å²) in [4.78, 5) is 13.3. The highest BCUT2D eigenvalue weighted by Gasteiger charge is 2.26. The fourth-order valence-corrected chi connectivity index (χ4v) is 2.02. The molecule has 0 aliphatic heterocycles. The van der Waals surface area contributed by atoms with Gasteiger partial charge in [0, 0.05) is 19.6 Å². The summed E-state index contributed by atoms with van der Waals surface area (Å²) >= 11 is 0. The molecule has 2 rings (SSSR count). The molecule has 0 aromatic heterocycles. The van der Waals surface area contributed by atoms with Crippen molar-refractivity contribution in [2.24, 2.45) is 5.73 Å². The number of benzene rings is 1. The lowest BCUT2D eigenvalue weighted by Crippen LogP contribution is -2.42. The van der Waals surface area contributed by atoms with Crippen LogP contribution in [-0.2, 0) is 16.1 Å². The molecule has 0 spiro atoms. The lowest BCUT2D eigenvalue weighted by Gasteiger charge is -2.32. The van der Waals surface area contributed by atoms with Gasteiger partial charge in [0.05, 0.1) is 12.7 Å². The van der Waals surface area contributed by atoms with Crippen molar-refractivity contribution in [1.29, 1.82) is 0 Å². The first-order chi connectivity index (χ1) is 9.65. The van der Waals surface area contributed by atoms with Gasteiger partial charge in [-0.3, -0.25) is 0 Å². The average Bonchev–Trinajstić information content (AvgIpc) is 2.43. The molecule has 2 N–H and O–H groups in total. The molecule has 110 valence electrons. The normalized spacial score (nSPS) is 21.1. The smallest absolute Gasteiger partial charge is 0.409 e. The Labute approximate surface area is 119 Å². The number of hydrogen-bond acceptors (Lipinski definition) is 4. The zero-order chi connectivity index (χ0) is 14.4. The van der Waals surface area contributed by atoms with Crippen molar-refractivity contribution in [3.8, 4) is 0 Å². The molecule has 1 saturated carbocycles. The summed E-state index contributed by atoms with van der Waals surface area (Å²) in [5, 5.41) is 0. The summed E-state index contributed by atoms with van der Waals surface area (Å²) in [7, 11) is 1.71. The average molecular weight is 278 g/mol. The highest BCUT2D eigenvalue weighted by Crippen LogP contribution is 2.20. The van der Waals surface area contributed by atoms with E-state index in [4.69, 9.17) is 15.2 Å². The minimum atomic E-state index is -0.331. The molecule has 1 amide bonds. The molecule has 1 aliphatic carbocycles. The van der Waals surface area contributed by atoms with E-state index in [9.17, 15) is 4.79 Å². The van der Waals surface area contributed by atoms with Crippen LogP contribution in [0.2, 0.25) is 0 Å². The van der Waals surface area contributed by atoms with Gasteiger partial charge < -0.3 is 20.1 Å². The van der Waals surface area contributed by atoms with Crippen molar-refractivity contribution < 1.29 is 14.3 Å². The SMILES string of the molecule is CN(CCOC1CC(N)C1)C(=O)OCc1ccccc1. The number of nitrogens with zero attached hydrogens (tertiary/aromatic N) is 1. The van der Waals surface area contributed by atoms with Gasteiger partial charge in [-0.2, -0.15) is 0 Å². The second kappa shape index (κ2) is 7.26. The summed E-state index contributed by atoms with van der Waals surface area (Å²) in [5.74, 6) is 0. The van der Waals surface area contributed by atoms with E-state index in [0.29, 0.717) is 19.8 Å². The minimum Gasteiger partial charge on any atom is -0.445 e.